The summed E-state index contributed by atoms with van der Waals surface area (Å²) in [6.45, 7) is -0.343. The maximum atomic E-state index is 12.6. The molecule has 0 unspecified atom stereocenters. The topological polar surface area (TPSA) is 111 Å². The van der Waals surface area contributed by atoms with Gasteiger partial charge in [0, 0.05) is 16.1 Å². The molecule has 3 aromatic carbocycles. The molecular formula is C26H20ClN5O4S. The summed E-state index contributed by atoms with van der Waals surface area (Å²) in [5.74, 6) is 0.388. The van der Waals surface area contributed by atoms with Crippen molar-refractivity contribution >= 4 is 39.6 Å². The lowest BCUT2D eigenvalue weighted by molar-refractivity contribution is -0.123. The summed E-state index contributed by atoms with van der Waals surface area (Å²) < 4.78 is 12.8. The number of nitrogens with one attached hydrogen (secondary N) is 2. The van der Waals surface area contributed by atoms with Gasteiger partial charge in [-0.25, -0.2) is 10.5 Å². The largest absolute Gasteiger partial charge is 0.497 e. The van der Waals surface area contributed by atoms with E-state index in [2.05, 4.69) is 20.7 Å². The summed E-state index contributed by atoms with van der Waals surface area (Å²) in [4.78, 5) is 25.1. The molecule has 0 bridgehead atoms. The van der Waals surface area contributed by atoms with Crippen LogP contribution >= 0.6 is 22.9 Å². The van der Waals surface area contributed by atoms with Crippen LogP contribution in [0.1, 0.15) is 0 Å². The highest BCUT2D eigenvalue weighted by molar-refractivity contribution is 7.07. The number of halogens is 1. The number of benzene rings is 3. The Kier molecular flexibility index (Phi) is 7.02. The van der Waals surface area contributed by atoms with Gasteiger partial charge in [0.2, 0.25) is 10.7 Å². The van der Waals surface area contributed by atoms with Gasteiger partial charge < -0.3 is 9.47 Å². The normalized spacial score (nSPS) is 11.5. The Morgan fingerprint density at radius 1 is 1.08 bits per heavy atom. The van der Waals surface area contributed by atoms with Gasteiger partial charge in [0.25, 0.3) is 11.5 Å². The number of aromatic nitrogens is 3. The zero-order chi connectivity index (χ0) is 25.8. The van der Waals surface area contributed by atoms with Gasteiger partial charge in [0.15, 0.2) is 6.61 Å². The number of rotatable bonds is 7. The fraction of sp³-hybridized carbons (Fsp3) is 0.0769. The molecule has 11 heteroatoms. The molecule has 5 rings (SSSR count). The van der Waals surface area contributed by atoms with Crippen LogP contribution in [0.25, 0.3) is 27.7 Å². The van der Waals surface area contributed by atoms with Gasteiger partial charge >= 0.3 is 0 Å². The van der Waals surface area contributed by atoms with Crippen molar-refractivity contribution in [1.82, 2.24) is 20.2 Å². The van der Waals surface area contributed by atoms with Gasteiger partial charge in [-0.15, -0.1) is 21.5 Å². The minimum Gasteiger partial charge on any atom is -0.497 e. The van der Waals surface area contributed by atoms with E-state index < -0.39 is 5.91 Å². The van der Waals surface area contributed by atoms with Crippen LogP contribution < -0.4 is 25.3 Å². The number of ether oxygens (including phenoxy) is 2. The summed E-state index contributed by atoms with van der Waals surface area (Å²) in [7, 11) is 1.61. The second-order valence-corrected chi connectivity index (χ2v) is 9.06. The summed E-state index contributed by atoms with van der Waals surface area (Å²) >= 11 is 7.44. The first-order valence-electron chi connectivity index (χ1n) is 11.1. The van der Waals surface area contributed by atoms with Crippen LogP contribution in [0.5, 0.6) is 11.6 Å². The fourth-order valence-electron chi connectivity index (χ4n) is 3.67. The number of H-pyrrole nitrogens is 1. The Morgan fingerprint density at radius 3 is 2.54 bits per heavy atom. The van der Waals surface area contributed by atoms with Gasteiger partial charge in [-0.2, -0.15) is 0 Å². The highest BCUT2D eigenvalue weighted by Gasteiger charge is 2.12. The molecule has 0 atom stereocenters. The number of fused-ring (bicyclic) bond motifs is 1. The molecule has 186 valence electrons. The van der Waals surface area contributed by atoms with Crippen LogP contribution in [-0.2, 0) is 4.79 Å². The Labute approximate surface area is 219 Å². The molecular weight excluding hydrogens is 514 g/mol. The number of hydrogen-bond donors (Lipinski definition) is 2. The first-order chi connectivity index (χ1) is 18.0. The average Bonchev–Trinajstić information content (AvgIpc) is 3.36. The monoisotopic (exact) mass is 533 g/mol. The van der Waals surface area contributed by atoms with Gasteiger partial charge in [0.05, 0.1) is 23.6 Å². The molecule has 1 amide bonds. The first kappa shape index (κ1) is 24.3. The van der Waals surface area contributed by atoms with Crippen molar-refractivity contribution < 1.29 is 14.3 Å². The van der Waals surface area contributed by atoms with E-state index in [4.69, 9.17) is 21.1 Å². The molecule has 0 aliphatic heterocycles. The molecule has 0 fully saturated rings. The van der Waals surface area contributed by atoms with Crippen LogP contribution in [0.3, 0.4) is 0 Å². The fourth-order valence-corrected chi connectivity index (χ4v) is 4.66. The second kappa shape index (κ2) is 10.7. The molecule has 2 heterocycles. The number of nitrogens with zero attached hydrogens (tertiary/aromatic N) is 3. The van der Waals surface area contributed by atoms with Crippen molar-refractivity contribution in [1.29, 1.82) is 0 Å². The zero-order valence-electron chi connectivity index (χ0n) is 19.5. The maximum Gasteiger partial charge on any atom is 0.278 e. The zero-order valence-corrected chi connectivity index (χ0v) is 21.0. The van der Waals surface area contributed by atoms with E-state index in [9.17, 15) is 9.59 Å². The standard InChI is InChI=1S/C26H20ClN5O4S/c1-35-19-12-10-18(11-13-19)32-22(16-6-8-17(27)9-7-16)15-37-26(32)31-28-23(33)14-36-25-21-5-3-2-4-20(21)24(34)29-30-25/h2-13,15H,14H2,1H3,(H,28,33)(H,29,34)/b31-26-. The summed E-state index contributed by atoms with van der Waals surface area (Å²) in [5.41, 5.74) is 4.85. The van der Waals surface area contributed by atoms with Crippen LogP contribution in [0.15, 0.2) is 88.1 Å². The predicted molar refractivity (Wildman–Crippen MR) is 142 cm³/mol. The number of methoxy groups -OCH3 is 1. The number of carbonyl (C=O) groups is 1. The third-order valence-corrected chi connectivity index (χ3v) is 6.53. The Balaban J connectivity index is 1.42. The summed E-state index contributed by atoms with van der Waals surface area (Å²) in [6.07, 6.45) is 0. The van der Waals surface area contributed by atoms with Gasteiger partial charge in [-0.1, -0.05) is 35.9 Å². The number of amides is 1. The van der Waals surface area contributed by atoms with Gasteiger partial charge in [0.1, 0.15) is 5.75 Å². The van der Waals surface area contributed by atoms with Crippen molar-refractivity contribution in [3.8, 4) is 28.6 Å². The molecule has 37 heavy (non-hydrogen) atoms. The van der Waals surface area contributed by atoms with E-state index >= 15 is 0 Å². The SMILES string of the molecule is COc1ccc(-n2c(-c3ccc(Cl)cc3)cs/c2=N\NC(=O)COc2n[nH]c(=O)c3ccccc23)cc1. The predicted octanol–water partition coefficient (Wildman–Crippen LogP) is 4.12. The molecule has 9 nitrogen and oxygen atoms in total. The Bertz CT molecular complexity index is 1690. The highest BCUT2D eigenvalue weighted by Crippen LogP contribution is 2.26. The molecule has 5 aromatic rings. The summed E-state index contributed by atoms with van der Waals surface area (Å²) in [6, 6.07) is 21.8. The summed E-state index contributed by atoms with van der Waals surface area (Å²) in [5, 5.41) is 14.2. The first-order valence-corrected chi connectivity index (χ1v) is 12.3. The van der Waals surface area contributed by atoms with Crippen molar-refractivity contribution in [2.45, 2.75) is 0 Å². The Morgan fingerprint density at radius 2 is 1.81 bits per heavy atom. The molecule has 0 saturated heterocycles. The van der Waals surface area contributed by atoms with E-state index in [1.807, 2.05) is 58.5 Å². The number of aromatic amines is 1. The third-order valence-electron chi connectivity index (χ3n) is 5.46. The van der Waals surface area contributed by atoms with Crippen LogP contribution in [-0.4, -0.2) is 34.4 Å². The van der Waals surface area contributed by atoms with E-state index in [1.165, 1.54) is 11.3 Å². The number of hydrogen-bond acceptors (Lipinski definition) is 7. The minimum atomic E-state index is -0.486. The van der Waals surface area contributed by atoms with E-state index in [1.54, 1.807) is 31.4 Å². The molecule has 0 saturated carbocycles. The van der Waals surface area contributed by atoms with E-state index in [0.717, 1.165) is 22.7 Å². The molecule has 2 aromatic heterocycles. The number of thiazole rings is 1. The third kappa shape index (κ3) is 5.25. The van der Waals surface area contributed by atoms with Crippen molar-refractivity contribution in [2.24, 2.45) is 5.10 Å². The minimum absolute atomic E-state index is 0.153. The van der Waals surface area contributed by atoms with Crippen molar-refractivity contribution in [3.05, 3.63) is 98.4 Å². The quantitative estimate of drug-likeness (QED) is 0.306. The van der Waals surface area contributed by atoms with Crippen molar-refractivity contribution in [2.75, 3.05) is 13.7 Å². The van der Waals surface area contributed by atoms with E-state index in [0.29, 0.717) is 20.6 Å². The lowest BCUT2D eigenvalue weighted by Gasteiger charge is -2.10. The van der Waals surface area contributed by atoms with Gasteiger partial charge in [-0.3, -0.25) is 14.2 Å². The van der Waals surface area contributed by atoms with Gasteiger partial charge in [-0.05, 0) is 54.1 Å². The lowest BCUT2D eigenvalue weighted by Crippen LogP contribution is -2.28. The average molecular weight is 534 g/mol. The Hall–Kier alpha value is -4.41. The van der Waals surface area contributed by atoms with Crippen LogP contribution in [0.4, 0.5) is 0 Å². The molecule has 0 spiro atoms. The molecule has 0 aliphatic carbocycles. The number of carbonyl (C=O) groups excluding carboxylic acids is 1. The maximum absolute atomic E-state index is 12.6. The van der Waals surface area contributed by atoms with Crippen LogP contribution in [0, 0.1) is 0 Å². The molecule has 2 N–H and O–H groups in total. The molecule has 0 radical (unpaired) electrons. The highest BCUT2D eigenvalue weighted by atomic mass is 35.5. The molecule has 0 aliphatic rings. The van der Waals surface area contributed by atoms with Crippen molar-refractivity contribution in [3.63, 3.8) is 0 Å². The van der Waals surface area contributed by atoms with Crippen LogP contribution in [0.2, 0.25) is 5.02 Å². The second-order valence-electron chi connectivity index (χ2n) is 7.78. The smallest absolute Gasteiger partial charge is 0.278 e. The van der Waals surface area contributed by atoms with E-state index in [-0.39, 0.29) is 18.0 Å². The lowest BCUT2D eigenvalue weighted by atomic mass is 10.1.